The van der Waals surface area contributed by atoms with Crippen LogP contribution in [0.2, 0.25) is 0 Å². The van der Waals surface area contributed by atoms with E-state index in [0.717, 1.165) is 79.3 Å². The second-order valence-electron chi connectivity index (χ2n) is 11.9. The zero-order chi connectivity index (χ0) is 31.4. The largest absolute Gasteiger partial charge is 0.494 e. The van der Waals surface area contributed by atoms with Crippen molar-refractivity contribution < 1.29 is 28.5 Å². The highest BCUT2D eigenvalue weighted by Gasteiger charge is 2.28. The lowest BCUT2D eigenvalue weighted by molar-refractivity contribution is -0.118. The zero-order valence-electron chi connectivity index (χ0n) is 27.0. The maximum absolute atomic E-state index is 12.7. The molecule has 0 saturated carbocycles. The SMILES string of the molecule is COCCCN1C(=O)CCc2ccc(CO[C@H]3CNCC[C@@H]3c3ccc(OCCCCOc4c(C)cccc4OC)cc3)cc21. The van der Waals surface area contributed by atoms with Gasteiger partial charge in [-0.2, -0.15) is 0 Å². The number of carbonyl (C=O) groups is 1. The highest BCUT2D eigenvalue weighted by atomic mass is 16.5. The molecule has 1 N–H and O–H groups in total. The number of para-hydroxylation sites is 1. The van der Waals surface area contributed by atoms with E-state index in [4.69, 9.17) is 23.7 Å². The highest BCUT2D eigenvalue weighted by molar-refractivity contribution is 5.96. The van der Waals surface area contributed by atoms with Gasteiger partial charge in [0.05, 0.1) is 33.0 Å². The number of hydrogen-bond acceptors (Lipinski definition) is 7. The molecule has 3 aromatic rings. The summed E-state index contributed by atoms with van der Waals surface area (Å²) in [7, 11) is 3.36. The fourth-order valence-corrected chi connectivity index (χ4v) is 6.23. The van der Waals surface area contributed by atoms with Gasteiger partial charge in [-0.3, -0.25) is 4.79 Å². The molecule has 1 saturated heterocycles. The Morgan fingerprint density at radius 1 is 0.911 bits per heavy atom. The molecule has 45 heavy (non-hydrogen) atoms. The molecule has 8 heteroatoms. The predicted octanol–water partition coefficient (Wildman–Crippen LogP) is 6.22. The quantitative estimate of drug-likeness (QED) is 0.192. The van der Waals surface area contributed by atoms with Crippen molar-refractivity contribution in [2.24, 2.45) is 0 Å². The molecular formula is C37H48N2O6. The Hall–Kier alpha value is -3.59. The van der Waals surface area contributed by atoms with E-state index in [1.54, 1.807) is 14.2 Å². The number of carbonyl (C=O) groups excluding carboxylic acids is 1. The van der Waals surface area contributed by atoms with Gasteiger partial charge >= 0.3 is 0 Å². The first-order valence-electron chi connectivity index (χ1n) is 16.3. The van der Waals surface area contributed by atoms with Crippen LogP contribution in [0, 0.1) is 6.92 Å². The third kappa shape index (κ3) is 8.78. The molecule has 2 atom stereocenters. The van der Waals surface area contributed by atoms with Gasteiger partial charge < -0.3 is 33.9 Å². The number of anilines is 1. The number of methoxy groups -OCH3 is 2. The van der Waals surface area contributed by atoms with E-state index < -0.39 is 0 Å². The lowest BCUT2D eigenvalue weighted by Gasteiger charge is -2.33. The molecule has 5 rings (SSSR count). The van der Waals surface area contributed by atoms with Crippen molar-refractivity contribution in [3.8, 4) is 17.2 Å². The van der Waals surface area contributed by atoms with Gasteiger partial charge in [-0.25, -0.2) is 0 Å². The summed E-state index contributed by atoms with van der Waals surface area (Å²) in [5.41, 5.74) is 5.69. The number of piperidine rings is 1. The van der Waals surface area contributed by atoms with E-state index in [9.17, 15) is 4.79 Å². The molecule has 0 unspecified atom stereocenters. The second kappa shape index (κ2) is 16.6. The van der Waals surface area contributed by atoms with Crippen LogP contribution >= 0.6 is 0 Å². The summed E-state index contributed by atoms with van der Waals surface area (Å²) < 4.78 is 29.2. The summed E-state index contributed by atoms with van der Waals surface area (Å²) in [4.78, 5) is 14.6. The molecule has 242 valence electrons. The van der Waals surface area contributed by atoms with Gasteiger partial charge in [-0.15, -0.1) is 0 Å². The van der Waals surface area contributed by atoms with Crippen molar-refractivity contribution in [1.82, 2.24) is 5.32 Å². The molecule has 0 bridgehead atoms. The van der Waals surface area contributed by atoms with Crippen LogP contribution in [-0.4, -0.2) is 65.7 Å². The van der Waals surface area contributed by atoms with E-state index in [0.29, 0.717) is 45.3 Å². The van der Waals surface area contributed by atoms with Gasteiger partial charge in [-0.1, -0.05) is 36.4 Å². The number of ether oxygens (including phenoxy) is 5. The molecule has 2 aliphatic heterocycles. The standard InChI is InChI=1S/C37H48N2O6/c1-27-8-6-9-34(42-3)37(27)44-23-5-4-22-43-31-15-12-29(13-16-31)32-18-19-38-25-35(32)45-26-28-10-11-30-14-17-36(40)39(33(30)24-28)20-7-21-41-2/h6,8-13,15-16,24,32,35,38H,4-5,7,14,17-23,25-26H2,1-3H3/t32-,35+/m1/s1. The van der Waals surface area contributed by atoms with Crippen molar-refractivity contribution in [2.45, 2.75) is 64.1 Å². The maximum atomic E-state index is 12.7. The molecule has 8 nitrogen and oxygen atoms in total. The Labute approximate surface area is 268 Å². The molecule has 0 spiro atoms. The van der Waals surface area contributed by atoms with Gasteiger partial charge in [0.1, 0.15) is 5.75 Å². The minimum atomic E-state index is 0.0628. The molecule has 1 fully saturated rings. The summed E-state index contributed by atoms with van der Waals surface area (Å²) in [6.45, 7) is 6.91. The first kappa shape index (κ1) is 32.8. The number of nitrogens with zero attached hydrogens (tertiary/aromatic N) is 1. The Morgan fingerprint density at radius 2 is 1.73 bits per heavy atom. The van der Waals surface area contributed by atoms with Crippen LogP contribution in [0.15, 0.2) is 60.7 Å². The van der Waals surface area contributed by atoms with Crippen LogP contribution in [-0.2, 0) is 27.3 Å². The highest BCUT2D eigenvalue weighted by Crippen LogP contribution is 2.33. The predicted molar refractivity (Wildman–Crippen MR) is 177 cm³/mol. The molecule has 2 aliphatic rings. The Bertz CT molecular complexity index is 1380. The Balaban J connectivity index is 1.10. The monoisotopic (exact) mass is 616 g/mol. The van der Waals surface area contributed by atoms with Crippen LogP contribution in [0.3, 0.4) is 0 Å². The minimum absolute atomic E-state index is 0.0628. The molecule has 2 heterocycles. The molecular weight excluding hydrogens is 568 g/mol. The number of hydrogen-bond donors (Lipinski definition) is 1. The molecule has 0 radical (unpaired) electrons. The molecule has 0 aliphatic carbocycles. The summed E-state index contributed by atoms with van der Waals surface area (Å²) in [5, 5.41) is 3.51. The van der Waals surface area contributed by atoms with Crippen LogP contribution in [0.4, 0.5) is 5.69 Å². The number of rotatable bonds is 16. The number of amides is 1. The van der Waals surface area contributed by atoms with Gasteiger partial charge in [0, 0.05) is 44.8 Å². The maximum Gasteiger partial charge on any atom is 0.227 e. The summed E-state index contributed by atoms with van der Waals surface area (Å²) >= 11 is 0. The summed E-state index contributed by atoms with van der Waals surface area (Å²) in [5.74, 6) is 2.96. The normalized spacial score (nSPS) is 18.0. The average Bonchev–Trinajstić information content (AvgIpc) is 3.07. The van der Waals surface area contributed by atoms with Crippen molar-refractivity contribution in [1.29, 1.82) is 0 Å². The first-order chi connectivity index (χ1) is 22.1. The van der Waals surface area contributed by atoms with Crippen molar-refractivity contribution in [3.05, 3.63) is 82.9 Å². The fraction of sp³-hybridized carbons (Fsp3) is 0.486. The van der Waals surface area contributed by atoms with Crippen molar-refractivity contribution in [3.63, 3.8) is 0 Å². The number of nitrogens with one attached hydrogen (secondary N) is 1. The van der Waals surface area contributed by atoms with Gasteiger partial charge in [0.15, 0.2) is 11.5 Å². The molecule has 1 amide bonds. The van der Waals surface area contributed by atoms with E-state index in [1.807, 2.05) is 30.0 Å². The number of benzene rings is 3. The molecule has 3 aromatic carbocycles. The number of unbranched alkanes of at least 4 members (excludes halogenated alkanes) is 1. The van der Waals surface area contributed by atoms with Crippen LogP contribution in [0.25, 0.3) is 0 Å². The van der Waals surface area contributed by atoms with Crippen LogP contribution in [0.1, 0.15) is 60.3 Å². The first-order valence-corrected chi connectivity index (χ1v) is 16.3. The lowest BCUT2D eigenvalue weighted by atomic mass is 9.87. The van der Waals surface area contributed by atoms with Gasteiger partial charge in [0.2, 0.25) is 5.91 Å². The van der Waals surface area contributed by atoms with Gasteiger partial charge in [0.25, 0.3) is 0 Å². The smallest absolute Gasteiger partial charge is 0.227 e. The third-order valence-electron chi connectivity index (χ3n) is 8.73. The van der Waals surface area contributed by atoms with Crippen LogP contribution < -0.4 is 24.4 Å². The van der Waals surface area contributed by atoms with Crippen molar-refractivity contribution >= 4 is 11.6 Å². The zero-order valence-corrected chi connectivity index (χ0v) is 27.0. The average molecular weight is 617 g/mol. The minimum Gasteiger partial charge on any atom is -0.494 e. The van der Waals surface area contributed by atoms with E-state index in [2.05, 4.69) is 47.8 Å². The Kier molecular flexibility index (Phi) is 12.1. The second-order valence-corrected chi connectivity index (χ2v) is 11.9. The van der Waals surface area contributed by atoms with E-state index in [1.165, 1.54) is 11.1 Å². The molecule has 0 aromatic heterocycles. The topological polar surface area (TPSA) is 78.5 Å². The Morgan fingerprint density at radius 3 is 2.53 bits per heavy atom. The number of aryl methyl sites for hydroxylation is 2. The third-order valence-corrected chi connectivity index (χ3v) is 8.73. The van der Waals surface area contributed by atoms with Crippen molar-refractivity contribution in [2.75, 3.05) is 58.6 Å². The summed E-state index contributed by atoms with van der Waals surface area (Å²) in [6.07, 6.45) is 5.06. The number of fused-ring (bicyclic) bond motifs is 1. The van der Waals surface area contributed by atoms with Gasteiger partial charge in [-0.05, 0) is 92.1 Å². The summed E-state index contributed by atoms with van der Waals surface area (Å²) in [6, 6.07) is 20.9. The fourth-order valence-electron chi connectivity index (χ4n) is 6.23. The van der Waals surface area contributed by atoms with E-state index in [-0.39, 0.29) is 12.0 Å². The lowest BCUT2D eigenvalue weighted by Crippen LogP contribution is -2.41. The van der Waals surface area contributed by atoms with E-state index >= 15 is 0 Å². The van der Waals surface area contributed by atoms with Crippen LogP contribution in [0.5, 0.6) is 17.2 Å².